The Hall–Kier alpha value is -1.97. The van der Waals surface area contributed by atoms with Crippen molar-refractivity contribution >= 4 is 5.82 Å². The van der Waals surface area contributed by atoms with Gasteiger partial charge in [0.05, 0.1) is 18.4 Å². The molecule has 0 saturated heterocycles. The molecule has 2 saturated carbocycles. The third-order valence-corrected chi connectivity index (χ3v) is 5.22. The molecule has 1 heterocycles. The van der Waals surface area contributed by atoms with Crippen LogP contribution in [-0.4, -0.2) is 16.9 Å². The Kier molecular flexibility index (Phi) is 2.74. The number of aromatic nitrogens is 2. The normalized spacial score (nSPS) is 26.7. The van der Waals surface area contributed by atoms with Crippen molar-refractivity contribution in [3.63, 3.8) is 0 Å². The van der Waals surface area contributed by atoms with E-state index in [2.05, 4.69) is 6.07 Å². The standard InChI is InChI=1S/C17H21N3O/c1-20-17(18)15(12-6-3-4-9-13(12)21-2)16(19-20)14-10-7-5-8-11(10)14/h3-4,6,9-11,14H,5,7-8,18H2,1-2H3. The molecule has 4 heteroatoms. The van der Waals surface area contributed by atoms with Gasteiger partial charge in [-0.15, -0.1) is 0 Å². The summed E-state index contributed by atoms with van der Waals surface area (Å²) in [5.41, 5.74) is 9.63. The zero-order valence-corrected chi connectivity index (χ0v) is 12.5. The maximum absolute atomic E-state index is 6.32. The predicted molar refractivity (Wildman–Crippen MR) is 83.2 cm³/mol. The first-order valence-electron chi connectivity index (χ1n) is 7.68. The van der Waals surface area contributed by atoms with E-state index < -0.39 is 0 Å². The van der Waals surface area contributed by atoms with Gasteiger partial charge in [-0.2, -0.15) is 5.10 Å². The van der Waals surface area contributed by atoms with E-state index in [1.54, 1.807) is 7.11 Å². The number of para-hydroxylation sites is 1. The van der Waals surface area contributed by atoms with Gasteiger partial charge in [-0.1, -0.05) is 24.6 Å². The van der Waals surface area contributed by atoms with Gasteiger partial charge in [0, 0.05) is 18.5 Å². The SMILES string of the molecule is COc1ccccc1-c1c(C2C3CCCC32)nn(C)c1N. The van der Waals surface area contributed by atoms with E-state index in [0.29, 0.717) is 5.92 Å². The summed E-state index contributed by atoms with van der Waals surface area (Å²) < 4.78 is 7.33. The number of benzene rings is 1. The van der Waals surface area contributed by atoms with Crippen LogP contribution in [0.15, 0.2) is 24.3 Å². The molecule has 0 amide bonds. The molecule has 1 aromatic heterocycles. The molecule has 2 fully saturated rings. The largest absolute Gasteiger partial charge is 0.496 e. The van der Waals surface area contributed by atoms with Crippen molar-refractivity contribution in [3.05, 3.63) is 30.0 Å². The van der Waals surface area contributed by atoms with Crippen molar-refractivity contribution in [3.8, 4) is 16.9 Å². The van der Waals surface area contributed by atoms with E-state index in [1.807, 2.05) is 29.9 Å². The molecule has 2 aliphatic carbocycles. The lowest BCUT2D eigenvalue weighted by Crippen LogP contribution is -1.98. The summed E-state index contributed by atoms with van der Waals surface area (Å²) in [4.78, 5) is 0. The van der Waals surface area contributed by atoms with E-state index in [1.165, 1.54) is 25.0 Å². The van der Waals surface area contributed by atoms with Crippen LogP contribution in [0.25, 0.3) is 11.1 Å². The lowest BCUT2D eigenvalue weighted by atomic mass is 9.99. The zero-order chi connectivity index (χ0) is 14.6. The maximum Gasteiger partial charge on any atom is 0.129 e. The summed E-state index contributed by atoms with van der Waals surface area (Å²) >= 11 is 0. The number of anilines is 1. The molecule has 2 aromatic rings. The van der Waals surface area contributed by atoms with Gasteiger partial charge in [0.25, 0.3) is 0 Å². The average molecular weight is 283 g/mol. The molecule has 0 spiro atoms. The van der Waals surface area contributed by atoms with Gasteiger partial charge in [0.2, 0.25) is 0 Å². The summed E-state index contributed by atoms with van der Waals surface area (Å²) in [6.45, 7) is 0. The van der Waals surface area contributed by atoms with Gasteiger partial charge >= 0.3 is 0 Å². The fraction of sp³-hybridized carbons (Fsp3) is 0.471. The molecular formula is C17H21N3O. The minimum absolute atomic E-state index is 0.599. The van der Waals surface area contributed by atoms with E-state index in [-0.39, 0.29) is 0 Å². The van der Waals surface area contributed by atoms with E-state index >= 15 is 0 Å². The highest BCUT2D eigenvalue weighted by Gasteiger charge is 2.55. The molecule has 0 bridgehead atoms. The number of ether oxygens (including phenoxy) is 1. The van der Waals surface area contributed by atoms with Crippen LogP contribution in [0, 0.1) is 11.8 Å². The van der Waals surface area contributed by atoms with Crippen LogP contribution in [0.2, 0.25) is 0 Å². The Morgan fingerprint density at radius 1 is 1.24 bits per heavy atom. The highest BCUT2D eigenvalue weighted by Crippen LogP contribution is 2.64. The molecule has 0 aliphatic heterocycles. The third kappa shape index (κ3) is 1.78. The van der Waals surface area contributed by atoms with Crippen LogP contribution >= 0.6 is 0 Å². The Labute approximate surface area is 124 Å². The van der Waals surface area contributed by atoms with Crippen LogP contribution in [0.3, 0.4) is 0 Å². The Morgan fingerprint density at radius 2 is 1.95 bits per heavy atom. The van der Waals surface area contributed by atoms with Crippen LogP contribution in [0.1, 0.15) is 30.9 Å². The van der Waals surface area contributed by atoms with Gasteiger partial charge in [-0.3, -0.25) is 4.68 Å². The molecule has 2 unspecified atom stereocenters. The summed E-state index contributed by atoms with van der Waals surface area (Å²) in [6, 6.07) is 8.08. The average Bonchev–Trinajstić information content (AvgIpc) is 2.83. The number of nitrogens with zero attached hydrogens (tertiary/aromatic N) is 2. The number of hydrogen-bond donors (Lipinski definition) is 1. The van der Waals surface area contributed by atoms with Gasteiger partial charge in [0.15, 0.2) is 0 Å². The minimum Gasteiger partial charge on any atom is -0.496 e. The van der Waals surface area contributed by atoms with Gasteiger partial charge in [-0.25, -0.2) is 0 Å². The first-order valence-corrected chi connectivity index (χ1v) is 7.68. The summed E-state index contributed by atoms with van der Waals surface area (Å²) in [7, 11) is 3.63. The predicted octanol–water partition coefficient (Wildman–Crippen LogP) is 3.19. The number of aryl methyl sites for hydroxylation is 1. The van der Waals surface area contributed by atoms with E-state index in [0.717, 1.165) is 34.5 Å². The number of nitrogen functional groups attached to an aromatic ring is 1. The third-order valence-electron chi connectivity index (χ3n) is 5.22. The molecule has 2 atom stereocenters. The van der Waals surface area contributed by atoms with E-state index in [4.69, 9.17) is 15.6 Å². The zero-order valence-electron chi connectivity index (χ0n) is 12.5. The topological polar surface area (TPSA) is 53.1 Å². The number of hydrogen-bond acceptors (Lipinski definition) is 3. The van der Waals surface area contributed by atoms with Crippen molar-refractivity contribution < 1.29 is 4.74 Å². The quantitative estimate of drug-likeness (QED) is 0.941. The van der Waals surface area contributed by atoms with E-state index in [9.17, 15) is 0 Å². The fourth-order valence-electron chi connectivity index (χ4n) is 4.15. The Morgan fingerprint density at radius 3 is 2.67 bits per heavy atom. The van der Waals surface area contributed by atoms with Crippen LogP contribution < -0.4 is 10.5 Å². The number of rotatable bonds is 3. The lowest BCUT2D eigenvalue weighted by molar-refractivity contribution is 0.416. The highest BCUT2D eigenvalue weighted by molar-refractivity contribution is 5.81. The minimum atomic E-state index is 0.599. The molecule has 1 aromatic carbocycles. The molecular weight excluding hydrogens is 262 g/mol. The van der Waals surface area contributed by atoms with Crippen molar-refractivity contribution in [2.45, 2.75) is 25.2 Å². The van der Waals surface area contributed by atoms with Crippen molar-refractivity contribution in [1.82, 2.24) is 9.78 Å². The van der Waals surface area contributed by atoms with Crippen molar-refractivity contribution in [2.75, 3.05) is 12.8 Å². The molecule has 2 aliphatic rings. The summed E-state index contributed by atoms with van der Waals surface area (Å²) in [5, 5.41) is 4.74. The molecule has 4 nitrogen and oxygen atoms in total. The molecule has 110 valence electrons. The molecule has 4 rings (SSSR count). The number of methoxy groups -OCH3 is 1. The van der Waals surface area contributed by atoms with Crippen LogP contribution in [0.5, 0.6) is 5.75 Å². The summed E-state index contributed by atoms with van der Waals surface area (Å²) in [6.07, 6.45) is 4.06. The maximum atomic E-state index is 6.32. The molecule has 0 radical (unpaired) electrons. The smallest absolute Gasteiger partial charge is 0.129 e. The number of nitrogens with two attached hydrogens (primary N) is 1. The van der Waals surface area contributed by atoms with Gasteiger partial charge in [0.1, 0.15) is 11.6 Å². The first kappa shape index (κ1) is 12.7. The summed E-state index contributed by atoms with van der Waals surface area (Å²) in [5.74, 6) is 3.85. The fourth-order valence-corrected chi connectivity index (χ4v) is 4.15. The van der Waals surface area contributed by atoms with Crippen LogP contribution in [0.4, 0.5) is 5.82 Å². The molecule has 21 heavy (non-hydrogen) atoms. The van der Waals surface area contributed by atoms with Gasteiger partial charge < -0.3 is 10.5 Å². The second kappa shape index (κ2) is 4.52. The Balaban J connectivity index is 1.85. The highest BCUT2D eigenvalue weighted by atomic mass is 16.5. The van der Waals surface area contributed by atoms with Crippen LogP contribution in [-0.2, 0) is 7.05 Å². The monoisotopic (exact) mass is 283 g/mol. The second-order valence-corrected chi connectivity index (χ2v) is 6.25. The Bertz CT molecular complexity index is 681. The second-order valence-electron chi connectivity index (χ2n) is 6.25. The molecule has 2 N–H and O–H groups in total. The number of fused-ring (bicyclic) bond motifs is 1. The van der Waals surface area contributed by atoms with Crippen molar-refractivity contribution in [1.29, 1.82) is 0 Å². The van der Waals surface area contributed by atoms with Crippen molar-refractivity contribution in [2.24, 2.45) is 18.9 Å². The van der Waals surface area contributed by atoms with Gasteiger partial charge in [-0.05, 0) is 30.7 Å². The lowest BCUT2D eigenvalue weighted by Gasteiger charge is -2.10. The first-order chi connectivity index (χ1) is 10.2.